The fourth-order valence-electron chi connectivity index (χ4n) is 2.30. The largest absolute Gasteiger partial charge is 0.361 e. The van der Waals surface area contributed by atoms with Gasteiger partial charge in [-0.1, -0.05) is 25.1 Å². The Morgan fingerprint density at radius 3 is 2.94 bits per heavy atom. The fraction of sp³-hybridized carbons (Fsp3) is 0.200. The molecule has 18 heavy (non-hydrogen) atoms. The third-order valence-electron chi connectivity index (χ3n) is 3.29. The summed E-state index contributed by atoms with van der Waals surface area (Å²) in [6.07, 6.45) is 8.38. The van der Waals surface area contributed by atoms with Crippen molar-refractivity contribution in [2.75, 3.05) is 0 Å². The average molecular weight is 237 g/mol. The quantitative estimate of drug-likeness (QED) is 0.759. The zero-order valence-electron chi connectivity index (χ0n) is 10.3. The van der Waals surface area contributed by atoms with Gasteiger partial charge in [-0.25, -0.2) is 0 Å². The molecule has 1 aromatic carbocycles. The second-order valence-electron chi connectivity index (χ2n) is 4.59. The van der Waals surface area contributed by atoms with Crippen LogP contribution in [0, 0.1) is 0 Å². The molecule has 3 nitrogen and oxygen atoms in total. The van der Waals surface area contributed by atoms with Crippen LogP contribution in [0.15, 0.2) is 49.1 Å². The van der Waals surface area contributed by atoms with Gasteiger partial charge in [0.05, 0.1) is 5.69 Å². The minimum absolute atomic E-state index is 0.373. The van der Waals surface area contributed by atoms with Crippen LogP contribution in [-0.4, -0.2) is 15.0 Å². The summed E-state index contributed by atoms with van der Waals surface area (Å²) in [5.74, 6) is 0.373. The van der Waals surface area contributed by atoms with E-state index in [-0.39, 0.29) is 0 Å². The van der Waals surface area contributed by atoms with Crippen molar-refractivity contribution in [1.82, 2.24) is 15.0 Å². The number of benzene rings is 1. The first kappa shape index (κ1) is 11.0. The fourth-order valence-corrected chi connectivity index (χ4v) is 2.30. The van der Waals surface area contributed by atoms with Gasteiger partial charge in [0.1, 0.15) is 0 Å². The molecule has 3 aromatic rings. The Kier molecular flexibility index (Phi) is 2.81. The summed E-state index contributed by atoms with van der Waals surface area (Å²) in [6, 6.07) is 8.39. The number of rotatable bonds is 3. The third-order valence-corrected chi connectivity index (χ3v) is 3.29. The number of hydrogen-bond donors (Lipinski definition) is 1. The average Bonchev–Trinajstić information content (AvgIpc) is 2.83. The molecule has 0 saturated carbocycles. The first-order valence-electron chi connectivity index (χ1n) is 6.15. The molecule has 0 aliphatic carbocycles. The maximum absolute atomic E-state index is 4.37. The molecule has 0 aliphatic rings. The number of H-pyrrole nitrogens is 1. The molecular weight excluding hydrogens is 222 g/mol. The molecule has 0 saturated heterocycles. The van der Waals surface area contributed by atoms with Crippen LogP contribution >= 0.6 is 0 Å². The molecule has 1 atom stereocenters. The minimum Gasteiger partial charge on any atom is -0.361 e. The molecule has 2 heterocycles. The van der Waals surface area contributed by atoms with Crippen molar-refractivity contribution in [1.29, 1.82) is 0 Å². The van der Waals surface area contributed by atoms with E-state index in [2.05, 4.69) is 52.3 Å². The lowest BCUT2D eigenvalue weighted by Crippen LogP contribution is -2.00. The van der Waals surface area contributed by atoms with Crippen molar-refractivity contribution in [3.63, 3.8) is 0 Å². The van der Waals surface area contributed by atoms with Gasteiger partial charge in [-0.2, -0.15) is 0 Å². The van der Waals surface area contributed by atoms with E-state index in [9.17, 15) is 0 Å². The van der Waals surface area contributed by atoms with Crippen LogP contribution in [0.25, 0.3) is 10.9 Å². The van der Waals surface area contributed by atoms with Gasteiger partial charge >= 0.3 is 0 Å². The summed E-state index contributed by atoms with van der Waals surface area (Å²) >= 11 is 0. The monoisotopic (exact) mass is 237 g/mol. The molecular formula is C15H15N3. The summed E-state index contributed by atoms with van der Waals surface area (Å²) in [5, 5.41) is 1.30. The van der Waals surface area contributed by atoms with Gasteiger partial charge in [-0.15, -0.1) is 0 Å². The van der Waals surface area contributed by atoms with Crippen LogP contribution < -0.4 is 0 Å². The normalized spacial score (nSPS) is 12.7. The van der Waals surface area contributed by atoms with Gasteiger partial charge in [-0.05, 0) is 18.1 Å². The van der Waals surface area contributed by atoms with Crippen LogP contribution in [0.5, 0.6) is 0 Å². The van der Waals surface area contributed by atoms with E-state index >= 15 is 0 Å². The summed E-state index contributed by atoms with van der Waals surface area (Å²) in [7, 11) is 0. The predicted molar refractivity (Wildman–Crippen MR) is 72.4 cm³/mol. The van der Waals surface area contributed by atoms with Crippen LogP contribution in [0.4, 0.5) is 0 Å². The molecule has 0 fully saturated rings. The van der Waals surface area contributed by atoms with Crippen molar-refractivity contribution in [3.8, 4) is 0 Å². The molecule has 2 aromatic heterocycles. The number of aromatic nitrogens is 3. The molecule has 0 spiro atoms. The molecule has 3 heteroatoms. The zero-order chi connectivity index (χ0) is 12.4. The van der Waals surface area contributed by atoms with Crippen molar-refractivity contribution >= 4 is 10.9 Å². The highest BCUT2D eigenvalue weighted by Gasteiger charge is 2.11. The molecule has 0 radical (unpaired) electrons. The Balaban J connectivity index is 1.89. The Bertz CT molecular complexity index is 643. The van der Waals surface area contributed by atoms with Gasteiger partial charge < -0.3 is 4.98 Å². The SMILES string of the molecule is CC(Cc1c[nH]c2ccccc12)c1cnccn1. The maximum Gasteiger partial charge on any atom is 0.0618 e. The highest BCUT2D eigenvalue weighted by molar-refractivity contribution is 5.83. The predicted octanol–water partition coefficient (Wildman–Crippen LogP) is 3.30. The Hall–Kier alpha value is -2.16. The van der Waals surface area contributed by atoms with Crippen molar-refractivity contribution in [2.45, 2.75) is 19.3 Å². The van der Waals surface area contributed by atoms with Gasteiger partial charge in [0.15, 0.2) is 0 Å². The number of fused-ring (bicyclic) bond motifs is 1. The second-order valence-corrected chi connectivity index (χ2v) is 4.59. The van der Waals surface area contributed by atoms with E-state index in [1.165, 1.54) is 16.5 Å². The lowest BCUT2D eigenvalue weighted by Gasteiger charge is -2.09. The van der Waals surface area contributed by atoms with Crippen LogP contribution in [-0.2, 0) is 6.42 Å². The van der Waals surface area contributed by atoms with Gasteiger partial charge in [0, 0.05) is 41.6 Å². The lowest BCUT2D eigenvalue weighted by atomic mass is 9.98. The Morgan fingerprint density at radius 2 is 2.11 bits per heavy atom. The molecule has 0 bridgehead atoms. The van der Waals surface area contributed by atoms with Crippen molar-refractivity contribution < 1.29 is 0 Å². The first-order chi connectivity index (χ1) is 8.84. The molecule has 1 unspecified atom stereocenters. The Morgan fingerprint density at radius 1 is 1.22 bits per heavy atom. The van der Waals surface area contributed by atoms with Crippen molar-refractivity contribution in [2.24, 2.45) is 0 Å². The number of aromatic amines is 1. The molecule has 3 rings (SSSR count). The number of para-hydroxylation sites is 1. The van der Waals surface area contributed by atoms with E-state index in [0.29, 0.717) is 5.92 Å². The van der Waals surface area contributed by atoms with Crippen LogP contribution in [0.3, 0.4) is 0 Å². The summed E-state index contributed by atoms with van der Waals surface area (Å²) < 4.78 is 0. The Labute approximate surface area is 106 Å². The summed E-state index contributed by atoms with van der Waals surface area (Å²) in [4.78, 5) is 11.8. The van der Waals surface area contributed by atoms with Gasteiger partial charge in [-0.3, -0.25) is 9.97 Å². The third kappa shape index (κ3) is 1.99. The summed E-state index contributed by atoms with van der Waals surface area (Å²) in [5.41, 5.74) is 3.57. The lowest BCUT2D eigenvalue weighted by molar-refractivity contribution is 0.728. The van der Waals surface area contributed by atoms with Crippen LogP contribution in [0.2, 0.25) is 0 Å². The molecule has 0 aliphatic heterocycles. The first-order valence-corrected chi connectivity index (χ1v) is 6.15. The van der Waals surface area contributed by atoms with Gasteiger partial charge in [0.2, 0.25) is 0 Å². The topological polar surface area (TPSA) is 41.6 Å². The van der Waals surface area contributed by atoms with E-state index in [1.807, 2.05) is 6.20 Å². The standard InChI is InChI=1S/C15H15N3/c1-11(15-10-16-6-7-17-15)8-12-9-18-14-5-3-2-4-13(12)14/h2-7,9-11,18H,8H2,1H3. The minimum atomic E-state index is 0.373. The highest BCUT2D eigenvalue weighted by atomic mass is 14.8. The van der Waals surface area contributed by atoms with E-state index in [1.54, 1.807) is 12.4 Å². The zero-order valence-corrected chi connectivity index (χ0v) is 10.3. The molecule has 90 valence electrons. The summed E-state index contributed by atoms with van der Waals surface area (Å²) in [6.45, 7) is 2.19. The number of hydrogen-bond acceptors (Lipinski definition) is 2. The van der Waals surface area contributed by atoms with E-state index in [0.717, 1.165) is 12.1 Å². The molecule has 1 N–H and O–H groups in total. The highest BCUT2D eigenvalue weighted by Crippen LogP contribution is 2.24. The number of nitrogens with one attached hydrogen (secondary N) is 1. The number of nitrogens with zero attached hydrogens (tertiary/aromatic N) is 2. The molecule has 0 amide bonds. The maximum atomic E-state index is 4.37. The van der Waals surface area contributed by atoms with E-state index in [4.69, 9.17) is 0 Å². The smallest absolute Gasteiger partial charge is 0.0618 e. The van der Waals surface area contributed by atoms with Gasteiger partial charge in [0.25, 0.3) is 0 Å². The second kappa shape index (κ2) is 4.61. The van der Waals surface area contributed by atoms with Crippen molar-refractivity contribution in [3.05, 3.63) is 60.3 Å². The van der Waals surface area contributed by atoms with E-state index < -0.39 is 0 Å². The van der Waals surface area contributed by atoms with Crippen LogP contribution in [0.1, 0.15) is 24.1 Å².